The lowest BCUT2D eigenvalue weighted by Crippen LogP contribution is -2.19. The number of cyclic esters (lactones) is 1. The van der Waals surface area contributed by atoms with E-state index in [1.807, 2.05) is 12.1 Å². The quantitative estimate of drug-likeness (QED) is 0.474. The number of hydrogen-bond acceptors (Lipinski definition) is 6. The SMILES string of the molecule is O=C1O[C@@H](Cc2ccncc2)C(=O)C1=C1SCCCS1. The second-order valence-corrected chi connectivity index (χ2v) is 7.00. The van der Waals surface area contributed by atoms with Crippen molar-refractivity contribution in [2.24, 2.45) is 0 Å². The van der Waals surface area contributed by atoms with Crippen LogP contribution in [0.1, 0.15) is 12.0 Å². The Hall–Kier alpha value is -1.27. The predicted molar refractivity (Wildman–Crippen MR) is 79.4 cm³/mol. The number of Topliss-reactive ketones (excluding diaryl/α,β-unsaturated/α-hetero) is 1. The van der Waals surface area contributed by atoms with E-state index in [4.69, 9.17) is 4.74 Å². The molecule has 104 valence electrons. The first-order valence-corrected chi connectivity index (χ1v) is 8.37. The van der Waals surface area contributed by atoms with Gasteiger partial charge >= 0.3 is 5.97 Å². The van der Waals surface area contributed by atoms with Gasteiger partial charge in [0.15, 0.2) is 6.10 Å². The number of carbonyl (C=O) groups excluding carboxylic acids is 2. The van der Waals surface area contributed by atoms with Crippen LogP contribution in [0.3, 0.4) is 0 Å². The summed E-state index contributed by atoms with van der Waals surface area (Å²) < 4.78 is 6.09. The summed E-state index contributed by atoms with van der Waals surface area (Å²) in [4.78, 5) is 28.3. The second-order valence-electron chi connectivity index (χ2n) is 4.53. The van der Waals surface area contributed by atoms with E-state index >= 15 is 0 Å². The molecule has 1 aromatic heterocycles. The summed E-state index contributed by atoms with van der Waals surface area (Å²) in [6, 6.07) is 3.66. The zero-order chi connectivity index (χ0) is 13.9. The lowest BCUT2D eigenvalue weighted by atomic mass is 10.0. The van der Waals surface area contributed by atoms with Gasteiger partial charge in [-0.3, -0.25) is 9.78 Å². The molecule has 0 radical (unpaired) electrons. The number of ketones is 1. The maximum Gasteiger partial charge on any atom is 0.344 e. The van der Waals surface area contributed by atoms with E-state index in [1.165, 1.54) is 0 Å². The molecule has 2 saturated heterocycles. The molecule has 3 rings (SSSR count). The molecule has 0 bridgehead atoms. The number of rotatable bonds is 2. The molecule has 20 heavy (non-hydrogen) atoms. The largest absolute Gasteiger partial charge is 0.450 e. The van der Waals surface area contributed by atoms with Gasteiger partial charge in [0.05, 0.1) is 4.24 Å². The van der Waals surface area contributed by atoms with Crippen molar-refractivity contribution in [1.82, 2.24) is 4.98 Å². The summed E-state index contributed by atoms with van der Waals surface area (Å²) in [5.41, 5.74) is 1.21. The van der Waals surface area contributed by atoms with Gasteiger partial charge in [-0.15, -0.1) is 23.5 Å². The van der Waals surface area contributed by atoms with Crippen LogP contribution in [-0.4, -0.2) is 34.3 Å². The molecule has 0 aliphatic carbocycles. The standard InChI is InChI=1S/C14H13NO3S2/c16-12-10(8-9-2-4-15-5-3-9)18-13(17)11(12)14-19-6-1-7-20-14/h2-5,10H,1,6-8H2/t10-/m0/s1. The van der Waals surface area contributed by atoms with Gasteiger partial charge in [-0.25, -0.2) is 4.79 Å². The van der Waals surface area contributed by atoms with Crippen LogP contribution in [0.2, 0.25) is 0 Å². The minimum absolute atomic E-state index is 0.177. The second kappa shape index (κ2) is 6.01. The van der Waals surface area contributed by atoms with Crippen molar-refractivity contribution in [2.45, 2.75) is 18.9 Å². The maximum atomic E-state index is 12.4. The van der Waals surface area contributed by atoms with Gasteiger partial charge in [0.1, 0.15) is 5.57 Å². The van der Waals surface area contributed by atoms with Crippen molar-refractivity contribution in [3.05, 3.63) is 39.9 Å². The number of pyridine rings is 1. The monoisotopic (exact) mass is 307 g/mol. The first-order chi connectivity index (χ1) is 9.75. The van der Waals surface area contributed by atoms with Crippen LogP contribution in [0.5, 0.6) is 0 Å². The van der Waals surface area contributed by atoms with Crippen LogP contribution >= 0.6 is 23.5 Å². The molecule has 0 unspecified atom stereocenters. The van der Waals surface area contributed by atoms with Gasteiger partial charge in [0.2, 0.25) is 5.78 Å². The molecule has 0 saturated carbocycles. The van der Waals surface area contributed by atoms with Crippen molar-refractivity contribution in [3.63, 3.8) is 0 Å². The molecule has 1 atom stereocenters. The predicted octanol–water partition coefficient (Wildman–Crippen LogP) is 2.20. The fourth-order valence-electron chi connectivity index (χ4n) is 2.13. The molecule has 2 aliphatic heterocycles. The van der Waals surface area contributed by atoms with Crippen molar-refractivity contribution in [2.75, 3.05) is 11.5 Å². The maximum absolute atomic E-state index is 12.4. The molecule has 4 nitrogen and oxygen atoms in total. The van der Waals surface area contributed by atoms with Crippen LogP contribution in [0.15, 0.2) is 34.3 Å². The van der Waals surface area contributed by atoms with Gasteiger partial charge in [0.25, 0.3) is 0 Å². The molecule has 0 N–H and O–H groups in total. The van der Waals surface area contributed by atoms with E-state index in [1.54, 1.807) is 35.9 Å². The van der Waals surface area contributed by atoms with Crippen LogP contribution in [-0.2, 0) is 20.7 Å². The fourth-order valence-corrected chi connectivity index (χ4v) is 4.75. The molecular weight excluding hydrogens is 294 g/mol. The lowest BCUT2D eigenvalue weighted by Gasteiger charge is -2.13. The van der Waals surface area contributed by atoms with Crippen molar-refractivity contribution < 1.29 is 14.3 Å². The highest BCUT2D eigenvalue weighted by molar-refractivity contribution is 8.22. The van der Waals surface area contributed by atoms with E-state index in [9.17, 15) is 9.59 Å². The summed E-state index contributed by atoms with van der Waals surface area (Å²) in [6.45, 7) is 0. The van der Waals surface area contributed by atoms with Gasteiger partial charge in [-0.05, 0) is 35.6 Å². The van der Waals surface area contributed by atoms with E-state index in [0.717, 1.165) is 27.7 Å². The zero-order valence-corrected chi connectivity index (χ0v) is 12.3. The van der Waals surface area contributed by atoms with Crippen LogP contribution in [0.25, 0.3) is 0 Å². The average molecular weight is 307 g/mol. The molecule has 6 heteroatoms. The molecule has 0 amide bonds. The first-order valence-electron chi connectivity index (χ1n) is 6.39. The third-order valence-electron chi connectivity index (χ3n) is 3.12. The van der Waals surface area contributed by atoms with E-state index < -0.39 is 12.1 Å². The Morgan fingerprint density at radius 2 is 1.90 bits per heavy atom. The third kappa shape index (κ3) is 2.76. The van der Waals surface area contributed by atoms with Crippen molar-refractivity contribution >= 4 is 35.3 Å². The highest BCUT2D eigenvalue weighted by atomic mass is 32.2. The topological polar surface area (TPSA) is 56.3 Å². The average Bonchev–Trinajstić information content (AvgIpc) is 2.75. The molecule has 2 fully saturated rings. The number of carbonyl (C=O) groups is 2. The molecule has 1 aromatic rings. The number of nitrogens with zero attached hydrogens (tertiary/aromatic N) is 1. The minimum Gasteiger partial charge on any atom is -0.450 e. The number of hydrogen-bond donors (Lipinski definition) is 0. The Kier molecular flexibility index (Phi) is 4.12. The lowest BCUT2D eigenvalue weighted by molar-refractivity contribution is -0.140. The summed E-state index contributed by atoms with van der Waals surface area (Å²) >= 11 is 3.17. The van der Waals surface area contributed by atoms with E-state index in [-0.39, 0.29) is 11.4 Å². The minimum atomic E-state index is -0.685. The Labute approximate surface area is 125 Å². The van der Waals surface area contributed by atoms with Gasteiger partial charge in [-0.1, -0.05) is 0 Å². The van der Waals surface area contributed by atoms with E-state index in [2.05, 4.69) is 4.98 Å². The number of thioether (sulfide) groups is 2. The Morgan fingerprint density at radius 3 is 2.60 bits per heavy atom. The Morgan fingerprint density at radius 1 is 1.20 bits per heavy atom. The van der Waals surface area contributed by atoms with Crippen molar-refractivity contribution in [3.8, 4) is 0 Å². The number of esters is 1. The fraction of sp³-hybridized carbons (Fsp3) is 0.357. The highest BCUT2D eigenvalue weighted by Crippen LogP contribution is 2.39. The summed E-state index contributed by atoms with van der Waals surface area (Å²) in [5.74, 6) is 1.28. The molecule has 0 spiro atoms. The van der Waals surface area contributed by atoms with Crippen LogP contribution in [0, 0.1) is 0 Å². The number of aromatic nitrogens is 1. The van der Waals surface area contributed by atoms with E-state index in [0.29, 0.717) is 6.42 Å². The summed E-state index contributed by atoms with van der Waals surface area (Å²) in [7, 11) is 0. The summed E-state index contributed by atoms with van der Waals surface area (Å²) in [5, 5.41) is 0. The van der Waals surface area contributed by atoms with Crippen LogP contribution < -0.4 is 0 Å². The van der Waals surface area contributed by atoms with Gasteiger partial charge in [-0.2, -0.15) is 0 Å². The Balaban J connectivity index is 1.80. The van der Waals surface area contributed by atoms with Gasteiger partial charge < -0.3 is 4.74 Å². The van der Waals surface area contributed by atoms with Crippen molar-refractivity contribution in [1.29, 1.82) is 0 Å². The molecule has 2 aliphatic rings. The molecular formula is C14H13NO3S2. The zero-order valence-electron chi connectivity index (χ0n) is 10.7. The number of ether oxygens (including phenoxy) is 1. The van der Waals surface area contributed by atoms with Gasteiger partial charge in [0, 0.05) is 18.8 Å². The highest BCUT2D eigenvalue weighted by Gasteiger charge is 2.41. The smallest absolute Gasteiger partial charge is 0.344 e. The normalized spacial score (nSPS) is 23.1. The molecule has 3 heterocycles. The third-order valence-corrected chi connectivity index (χ3v) is 5.75. The first kappa shape index (κ1) is 13.7. The van der Waals surface area contributed by atoms with Crippen LogP contribution in [0.4, 0.5) is 0 Å². The molecule has 0 aromatic carbocycles. The summed E-state index contributed by atoms with van der Waals surface area (Å²) in [6.07, 6.45) is 4.18. The Bertz CT molecular complexity index is 563.